The normalized spacial score (nSPS) is 18.4. The molecule has 1 saturated carbocycles. The van der Waals surface area contributed by atoms with Crippen molar-refractivity contribution in [1.82, 2.24) is 0 Å². The molecule has 1 aliphatic heterocycles. The van der Waals surface area contributed by atoms with Crippen molar-refractivity contribution < 1.29 is 36.9 Å². The van der Waals surface area contributed by atoms with Gasteiger partial charge in [0, 0.05) is 27.5 Å². The highest BCUT2D eigenvalue weighted by molar-refractivity contribution is 6.09. The quantitative estimate of drug-likeness (QED) is 0.126. The van der Waals surface area contributed by atoms with E-state index in [0.29, 0.717) is 29.8 Å². The number of fused-ring (bicyclic) bond motifs is 10. The Balaban J connectivity index is 1.35. The van der Waals surface area contributed by atoms with Gasteiger partial charge < -0.3 is 23.7 Å². The minimum Gasteiger partial charge on any atom is -0.497 e. The van der Waals surface area contributed by atoms with Crippen molar-refractivity contribution in [2.75, 3.05) is 27.9 Å². The zero-order valence-electron chi connectivity index (χ0n) is 33.5. The Morgan fingerprint density at radius 2 is 1.40 bits per heavy atom. The Bertz CT molecular complexity index is 2290. The predicted octanol–water partition coefficient (Wildman–Crippen LogP) is 13.1. The first-order valence-electron chi connectivity index (χ1n) is 20.3. The number of alkyl halides is 3. The Hall–Kier alpha value is -5.11. The van der Waals surface area contributed by atoms with Crippen LogP contribution >= 0.6 is 0 Å². The summed E-state index contributed by atoms with van der Waals surface area (Å²) in [4.78, 5) is 0. The van der Waals surface area contributed by atoms with Crippen molar-refractivity contribution in [3.63, 3.8) is 0 Å². The number of hydrogen-bond acceptors (Lipinski definition) is 5. The average molecular weight is 777 g/mol. The van der Waals surface area contributed by atoms with Gasteiger partial charge in [0.2, 0.25) is 0 Å². The van der Waals surface area contributed by atoms with E-state index in [4.69, 9.17) is 23.7 Å². The van der Waals surface area contributed by atoms with Crippen LogP contribution in [0, 0.1) is 5.92 Å². The molecule has 8 rings (SSSR count). The molecule has 5 aromatic carbocycles. The molecule has 1 fully saturated rings. The van der Waals surface area contributed by atoms with Crippen molar-refractivity contribution >= 4 is 16.8 Å². The maximum Gasteiger partial charge on any atom is 0.416 e. The van der Waals surface area contributed by atoms with E-state index in [1.165, 1.54) is 25.0 Å². The molecule has 5 nitrogen and oxygen atoms in total. The minimum absolute atomic E-state index is 0.501. The monoisotopic (exact) mass is 776 g/mol. The first-order chi connectivity index (χ1) is 27.6. The molecule has 298 valence electrons. The first-order valence-corrected chi connectivity index (χ1v) is 20.3. The van der Waals surface area contributed by atoms with Gasteiger partial charge in [-0.25, -0.2) is 0 Å². The van der Waals surface area contributed by atoms with E-state index in [2.05, 4.69) is 38.1 Å². The number of rotatable bonds is 12. The molecule has 0 bridgehead atoms. The lowest BCUT2D eigenvalue weighted by atomic mass is 9.66. The summed E-state index contributed by atoms with van der Waals surface area (Å²) in [5.74, 6) is 3.74. The van der Waals surface area contributed by atoms with Crippen LogP contribution in [-0.2, 0) is 17.2 Å². The lowest BCUT2D eigenvalue weighted by Gasteiger charge is -2.41. The number of methoxy groups -OCH3 is 3. The van der Waals surface area contributed by atoms with Gasteiger partial charge in [0.25, 0.3) is 0 Å². The Kier molecular flexibility index (Phi) is 10.4. The van der Waals surface area contributed by atoms with Crippen LogP contribution in [-0.4, -0.2) is 27.9 Å². The zero-order chi connectivity index (χ0) is 40.0. The van der Waals surface area contributed by atoms with Gasteiger partial charge in [-0.3, -0.25) is 0 Å². The van der Waals surface area contributed by atoms with E-state index in [-0.39, 0.29) is 0 Å². The van der Waals surface area contributed by atoms with E-state index in [1.807, 2.05) is 48.5 Å². The summed E-state index contributed by atoms with van der Waals surface area (Å²) in [5, 5.41) is 1.64. The molecule has 2 aliphatic carbocycles. The third-order valence-electron chi connectivity index (χ3n) is 12.7. The highest BCUT2D eigenvalue weighted by Gasteiger charge is 2.50. The number of benzene rings is 5. The van der Waals surface area contributed by atoms with Crippen molar-refractivity contribution in [2.24, 2.45) is 5.92 Å². The van der Waals surface area contributed by atoms with E-state index >= 15 is 0 Å². The third-order valence-corrected chi connectivity index (χ3v) is 12.7. The largest absolute Gasteiger partial charge is 0.497 e. The molecule has 1 heterocycles. The second kappa shape index (κ2) is 15.3. The summed E-state index contributed by atoms with van der Waals surface area (Å²) in [6.45, 7) is 5.10. The Morgan fingerprint density at radius 3 is 2.00 bits per heavy atom. The van der Waals surface area contributed by atoms with Crippen LogP contribution in [0.4, 0.5) is 13.2 Å². The lowest BCUT2D eigenvalue weighted by Crippen LogP contribution is -2.35. The van der Waals surface area contributed by atoms with Gasteiger partial charge in [0.15, 0.2) is 17.1 Å². The van der Waals surface area contributed by atoms with Crippen LogP contribution < -0.4 is 23.7 Å². The van der Waals surface area contributed by atoms with Gasteiger partial charge in [-0.15, -0.1) is 0 Å². The molecule has 2 unspecified atom stereocenters. The fourth-order valence-corrected chi connectivity index (χ4v) is 9.61. The zero-order valence-corrected chi connectivity index (χ0v) is 33.5. The van der Waals surface area contributed by atoms with Crippen LogP contribution in [0.1, 0.15) is 105 Å². The van der Waals surface area contributed by atoms with Crippen LogP contribution in [0.5, 0.6) is 28.7 Å². The molecule has 2 atom stereocenters. The van der Waals surface area contributed by atoms with Crippen molar-refractivity contribution in [1.29, 1.82) is 0 Å². The lowest BCUT2D eigenvalue weighted by molar-refractivity contribution is -0.137. The van der Waals surface area contributed by atoms with Gasteiger partial charge in [0.1, 0.15) is 17.2 Å². The highest BCUT2D eigenvalue weighted by atomic mass is 19.4. The number of unbranched alkanes of at least 4 members (excludes halogenated alkanes) is 1. The molecule has 5 aromatic rings. The molecule has 0 amide bonds. The van der Waals surface area contributed by atoms with Gasteiger partial charge >= 0.3 is 6.18 Å². The molecule has 0 aromatic heterocycles. The van der Waals surface area contributed by atoms with Crippen molar-refractivity contribution in [3.8, 4) is 39.9 Å². The van der Waals surface area contributed by atoms with Gasteiger partial charge in [-0.2, -0.15) is 13.2 Å². The molecule has 57 heavy (non-hydrogen) atoms. The van der Waals surface area contributed by atoms with Gasteiger partial charge in [0.05, 0.1) is 33.5 Å². The maximum absolute atomic E-state index is 14.4. The summed E-state index contributed by atoms with van der Waals surface area (Å²) >= 11 is 0. The molecule has 0 saturated heterocycles. The van der Waals surface area contributed by atoms with Crippen LogP contribution in [0.2, 0.25) is 0 Å². The average Bonchev–Trinajstić information content (AvgIpc) is 3.51. The summed E-state index contributed by atoms with van der Waals surface area (Å²) in [5.41, 5.74) is 3.91. The van der Waals surface area contributed by atoms with Gasteiger partial charge in [-0.05, 0) is 107 Å². The summed E-state index contributed by atoms with van der Waals surface area (Å²) in [6.07, 6.45) is 8.73. The van der Waals surface area contributed by atoms with Crippen LogP contribution in [0.15, 0.2) is 84.9 Å². The van der Waals surface area contributed by atoms with Crippen LogP contribution in [0.3, 0.4) is 0 Å². The van der Waals surface area contributed by atoms with E-state index in [0.717, 1.165) is 106 Å². The second-order valence-electron chi connectivity index (χ2n) is 15.8. The highest BCUT2D eigenvalue weighted by Crippen LogP contribution is 2.63. The van der Waals surface area contributed by atoms with Crippen molar-refractivity contribution in [3.05, 3.63) is 118 Å². The Labute approximate surface area is 333 Å². The second-order valence-corrected chi connectivity index (χ2v) is 15.8. The summed E-state index contributed by atoms with van der Waals surface area (Å²) in [7, 11) is 4.85. The maximum atomic E-state index is 14.4. The predicted molar refractivity (Wildman–Crippen MR) is 220 cm³/mol. The van der Waals surface area contributed by atoms with E-state index in [9.17, 15) is 13.2 Å². The van der Waals surface area contributed by atoms with E-state index in [1.54, 1.807) is 27.4 Å². The number of hydrogen-bond donors (Lipinski definition) is 0. The SMILES string of the molecule is CCCCC(CC)COc1ccc(C2(c3ccc(OC)cc3)C=Cc3c4c(c5cc(OC)c(OC)cc5c3O2)-c2ccc(C(F)(F)F)cc2C42CCCCC2)cc1. The Morgan fingerprint density at radius 1 is 0.754 bits per heavy atom. The molecule has 1 spiro atoms. The number of ether oxygens (including phenoxy) is 5. The molecule has 3 aliphatic rings. The molecular formula is C49H51F3O5. The van der Waals surface area contributed by atoms with Crippen LogP contribution in [0.25, 0.3) is 28.0 Å². The van der Waals surface area contributed by atoms with E-state index < -0.39 is 22.8 Å². The molecule has 8 heteroatoms. The molecule has 0 N–H and O–H groups in total. The third kappa shape index (κ3) is 6.59. The fraction of sp³-hybridized carbons (Fsp3) is 0.388. The standard InChI is InChI=1S/C49H51F3O5/c1-6-8-12-31(7-2)30-56-36-20-15-33(16-21-36)48(32-13-18-35(53-3)19-14-32)26-23-38-45-44(39-28-42(54-4)43(55-5)29-40(39)46(38)57-48)37-22-17-34(49(50,51)52)27-41(37)47(45)24-10-9-11-25-47/h13-23,26-29,31H,6-12,24-25,30H2,1-5H3. The van der Waals surface area contributed by atoms with Crippen molar-refractivity contribution in [2.45, 2.75) is 88.8 Å². The van der Waals surface area contributed by atoms with Gasteiger partial charge in [-0.1, -0.05) is 88.8 Å². The fourth-order valence-electron chi connectivity index (χ4n) is 9.61. The summed E-state index contributed by atoms with van der Waals surface area (Å²) in [6, 6.07) is 24.3. The first kappa shape index (κ1) is 38.7. The summed E-state index contributed by atoms with van der Waals surface area (Å²) < 4.78 is 74.3. The number of halogens is 3. The smallest absolute Gasteiger partial charge is 0.416 e. The molecular weight excluding hydrogens is 726 g/mol. The molecule has 0 radical (unpaired) electrons. The minimum atomic E-state index is -4.47. The topological polar surface area (TPSA) is 46.2 Å².